The first-order valence-electron chi connectivity index (χ1n) is 5.94. The largest absolute Gasteiger partial charge is 0.493 e. The Hall–Kier alpha value is -1.76. The second-order valence-corrected chi connectivity index (χ2v) is 5.85. The highest BCUT2D eigenvalue weighted by molar-refractivity contribution is 7.92. The first-order chi connectivity index (χ1) is 8.93. The van der Waals surface area contributed by atoms with Crippen LogP contribution in [0.15, 0.2) is 24.3 Å². The molecule has 106 valence electrons. The Balaban J connectivity index is 2.54. The summed E-state index contributed by atoms with van der Waals surface area (Å²) in [5.41, 5.74) is 5.47. The van der Waals surface area contributed by atoms with Gasteiger partial charge in [0, 0.05) is 5.69 Å². The summed E-state index contributed by atoms with van der Waals surface area (Å²) in [7, 11) is -3.28. The number of anilines is 1. The number of benzene rings is 1. The lowest BCUT2D eigenvalue weighted by Crippen LogP contribution is -2.16. The van der Waals surface area contributed by atoms with E-state index in [0.29, 0.717) is 17.9 Å². The smallest absolute Gasteiger partial charge is 0.232 e. The summed E-state index contributed by atoms with van der Waals surface area (Å²) in [5, 5.41) is 0. The summed E-state index contributed by atoms with van der Waals surface area (Å²) in [5.74, 6) is 0.216. The van der Waals surface area contributed by atoms with E-state index < -0.39 is 15.9 Å². The van der Waals surface area contributed by atoms with Gasteiger partial charge in [0.1, 0.15) is 5.75 Å². The maximum Gasteiger partial charge on any atom is 0.232 e. The van der Waals surface area contributed by atoms with Gasteiger partial charge in [-0.25, -0.2) is 8.42 Å². The first kappa shape index (κ1) is 15.3. The van der Waals surface area contributed by atoms with Crippen molar-refractivity contribution < 1.29 is 17.9 Å². The summed E-state index contributed by atoms with van der Waals surface area (Å²) in [6.07, 6.45) is 0.703. The molecule has 0 atom stereocenters. The number of carbonyl (C=O) groups excluding carboxylic acids is 1. The number of nitrogens with two attached hydrogens (primary N) is 1. The molecule has 0 aliphatic carbocycles. The highest BCUT2D eigenvalue weighted by Gasteiger charge is 2.08. The van der Waals surface area contributed by atoms with Gasteiger partial charge < -0.3 is 10.5 Å². The molecule has 1 aromatic rings. The van der Waals surface area contributed by atoms with Crippen LogP contribution in [0.5, 0.6) is 5.75 Å². The van der Waals surface area contributed by atoms with Crippen LogP contribution in [0.3, 0.4) is 0 Å². The van der Waals surface area contributed by atoms with E-state index in [0.717, 1.165) is 0 Å². The van der Waals surface area contributed by atoms with Crippen LogP contribution in [0.1, 0.15) is 19.8 Å². The molecule has 0 fully saturated rings. The van der Waals surface area contributed by atoms with Crippen LogP contribution in [0.25, 0.3) is 0 Å². The molecule has 1 aromatic carbocycles. The number of hydrogen-bond donors (Lipinski definition) is 2. The molecule has 0 unspecified atom stereocenters. The maximum atomic E-state index is 11.5. The Bertz CT molecular complexity index is 511. The number of ether oxygens (including phenoxy) is 1. The SMILES string of the molecule is CCCS(=O)(=O)Nc1ccc(OCCC(N)=O)cc1. The van der Waals surface area contributed by atoms with E-state index in [-0.39, 0.29) is 18.8 Å². The third-order valence-electron chi connectivity index (χ3n) is 2.22. The lowest BCUT2D eigenvalue weighted by atomic mass is 10.3. The zero-order valence-corrected chi connectivity index (χ0v) is 11.6. The van der Waals surface area contributed by atoms with Gasteiger partial charge in [0.15, 0.2) is 0 Å². The molecule has 0 aliphatic heterocycles. The third-order valence-corrected chi connectivity index (χ3v) is 3.71. The van der Waals surface area contributed by atoms with Gasteiger partial charge in [-0.05, 0) is 30.7 Å². The van der Waals surface area contributed by atoms with Crippen molar-refractivity contribution in [1.29, 1.82) is 0 Å². The van der Waals surface area contributed by atoms with Crippen LogP contribution < -0.4 is 15.2 Å². The maximum absolute atomic E-state index is 11.5. The summed E-state index contributed by atoms with van der Waals surface area (Å²) in [4.78, 5) is 10.5. The molecule has 6 nitrogen and oxygen atoms in total. The lowest BCUT2D eigenvalue weighted by molar-refractivity contribution is -0.118. The van der Waals surface area contributed by atoms with Gasteiger partial charge in [-0.3, -0.25) is 9.52 Å². The van der Waals surface area contributed by atoms with E-state index in [9.17, 15) is 13.2 Å². The molecule has 0 aliphatic rings. The van der Waals surface area contributed by atoms with Crippen LogP contribution >= 0.6 is 0 Å². The number of rotatable bonds is 8. The molecule has 0 spiro atoms. The van der Waals surface area contributed by atoms with Gasteiger partial charge in [0.05, 0.1) is 18.8 Å². The standard InChI is InChI=1S/C12H18N2O4S/c1-2-9-19(16,17)14-10-3-5-11(6-4-10)18-8-7-12(13)15/h3-6,14H,2,7-9H2,1H3,(H2,13,15). The van der Waals surface area contributed by atoms with Crippen molar-refractivity contribution in [1.82, 2.24) is 0 Å². The minimum Gasteiger partial charge on any atom is -0.493 e. The summed E-state index contributed by atoms with van der Waals surface area (Å²) >= 11 is 0. The van der Waals surface area contributed by atoms with E-state index in [1.165, 1.54) is 0 Å². The third kappa shape index (κ3) is 6.10. The Morgan fingerprint density at radius 1 is 1.32 bits per heavy atom. The predicted molar refractivity (Wildman–Crippen MR) is 73.4 cm³/mol. The average Bonchev–Trinajstić information content (AvgIpc) is 2.30. The molecule has 0 saturated carbocycles. The minimum absolute atomic E-state index is 0.0872. The van der Waals surface area contributed by atoms with Crippen molar-refractivity contribution in [2.75, 3.05) is 17.1 Å². The Morgan fingerprint density at radius 3 is 2.47 bits per heavy atom. The van der Waals surface area contributed by atoms with Crippen molar-refractivity contribution in [2.45, 2.75) is 19.8 Å². The van der Waals surface area contributed by atoms with Crippen LogP contribution in [0.2, 0.25) is 0 Å². The quantitative estimate of drug-likeness (QED) is 0.747. The Kier molecular flexibility index (Phi) is 5.62. The van der Waals surface area contributed by atoms with Crippen molar-refractivity contribution in [2.24, 2.45) is 5.73 Å². The van der Waals surface area contributed by atoms with Crippen molar-refractivity contribution in [3.8, 4) is 5.75 Å². The topological polar surface area (TPSA) is 98.5 Å². The van der Waals surface area contributed by atoms with Gasteiger partial charge >= 0.3 is 0 Å². The molecule has 0 bridgehead atoms. The summed E-state index contributed by atoms with van der Waals surface area (Å²) in [6, 6.07) is 6.47. The van der Waals surface area contributed by atoms with Gasteiger partial charge in [-0.15, -0.1) is 0 Å². The van der Waals surface area contributed by atoms with E-state index in [2.05, 4.69) is 4.72 Å². The second kappa shape index (κ2) is 6.98. The summed E-state index contributed by atoms with van der Waals surface area (Å²) in [6.45, 7) is 2.01. The van der Waals surface area contributed by atoms with Crippen molar-refractivity contribution in [3.63, 3.8) is 0 Å². The van der Waals surface area contributed by atoms with Crippen molar-refractivity contribution >= 4 is 21.6 Å². The fourth-order valence-corrected chi connectivity index (χ4v) is 2.52. The molecule has 19 heavy (non-hydrogen) atoms. The predicted octanol–water partition coefficient (Wildman–Crippen LogP) is 1.09. The van der Waals surface area contributed by atoms with Gasteiger partial charge in [-0.2, -0.15) is 0 Å². The minimum atomic E-state index is -3.28. The molecular formula is C12H18N2O4S. The van der Waals surface area contributed by atoms with Gasteiger partial charge in [0.2, 0.25) is 15.9 Å². The highest BCUT2D eigenvalue weighted by atomic mass is 32.2. The van der Waals surface area contributed by atoms with Gasteiger partial charge in [0.25, 0.3) is 0 Å². The zero-order chi connectivity index (χ0) is 14.3. The second-order valence-electron chi connectivity index (χ2n) is 4.01. The number of nitrogens with one attached hydrogen (secondary N) is 1. The number of carbonyl (C=O) groups is 1. The monoisotopic (exact) mass is 286 g/mol. The Morgan fingerprint density at radius 2 is 1.95 bits per heavy atom. The molecule has 0 heterocycles. The number of sulfonamides is 1. The van der Waals surface area contributed by atoms with Crippen molar-refractivity contribution in [3.05, 3.63) is 24.3 Å². The molecule has 0 aromatic heterocycles. The fourth-order valence-electron chi connectivity index (χ4n) is 1.39. The van der Waals surface area contributed by atoms with Crippen LogP contribution in [-0.2, 0) is 14.8 Å². The molecular weight excluding hydrogens is 268 g/mol. The molecule has 0 radical (unpaired) electrons. The van der Waals surface area contributed by atoms with Gasteiger partial charge in [-0.1, -0.05) is 6.92 Å². The zero-order valence-electron chi connectivity index (χ0n) is 10.8. The number of amides is 1. The first-order valence-corrected chi connectivity index (χ1v) is 7.60. The number of hydrogen-bond acceptors (Lipinski definition) is 4. The molecule has 7 heteroatoms. The highest BCUT2D eigenvalue weighted by Crippen LogP contribution is 2.17. The normalized spacial score (nSPS) is 11.0. The van der Waals surface area contributed by atoms with E-state index in [4.69, 9.17) is 10.5 Å². The fraction of sp³-hybridized carbons (Fsp3) is 0.417. The number of primary amides is 1. The van der Waals surface area contributed by atoms with E-state index in [1.54, 1.807) is 31.2 Å². The van der Waals surface area contributed by atoms with E-state index >= 15 is 0 Å². The molecule has 1 rings (SSSR count). The van der Waals surface area contributed by atoms with Crippen LogP contribution in [0.4, 0.5) is 5.69 Å². The van der Waals surface area contributed by atoms with Crippen LogP contribution in [0, 0.1) is 0 Å². The average molecular weight is 286 g/mol. The molecule has 3 N–H and O–H groups in total. The Labute approximate surface area is 113 Å². The lowest BCUT2D eigenvalue weighted by Gasteiger charge is -2.08. The molecule has 1 amide bonds. The van der Waals surface area contributed by atoms with Crippen LogP contribution in [-0.4, -0.2) is 26.7 Å². The summed E-state index contributed by atoms with van der Waals surface area (Å²) < 4.78 is 30.8. The molecule has 0 saturated heterocycles. The van der Waals surface area contributed by atoms with E-state index in [1.807, 2.05) is 0 Å².